The highest BCUT2D eigenvalue weighted by atomic mass is 19.1. The lowest BCUT2D eigenvalue weighted by molar-refractivity contribution is 0.0546. The maximum Gasteiger partial charge on any atom is 0.253 e. The zero-order valence-corrected chi connectivity index (χ0v) is 18.9. The number of methoxy groups -OCH3 is 1. The summed E-state index contributed by atoms with van der Waals surface area (Å²) < 4.78 is 19.0. The molecule has 6 heteroatoms. The van der Waals surface area contributed by atoms with Gasteiger partial charge in [-0.05, 0) is 80.3 Å². The molecule has 2 N–H and O–H groups in total. The fraction of sp³-hybridized carbons (Fsp3) is 0.500. The van der Waals surface area contributed by atoms with Crippen LogP contribution >= 0.6 is 0 Å². The van der Waals surface area contributed by atoms with Crippen LogP contribution in [0.25, 0.3) is 0 Å². The number of ether oxygens (including phenoxy) is 1. The quantitative estimate of drug-likeness (QED) is 0.698. The third kappa shape index (κ3) is 5.30. The average molecular weight is 441 g/mol. The minimum atomic E-state index is -0.285. The Bertz CT molecular complexity index is 925. The van der Waals surface area contributed by atoms with Crippen LogP contribution in [0.3, 0.4) is 0 Å². The lowest BCUT2D eigenvalue weighted by atomic mass is 9.96. The van der Waals surface area contributed by atoms with E-state index in [1.165, 1.54) is 11.6 Å². The number of hydrogen-bond acceptors (Lipinski definition) is 4. The van der Waals surface area contributed by atoms with Gasteiger partial charge < -0.3 is 20.1 Å². The van der Waals surface area contributed by atoms with E-state index in [0.29, 0.717) is 49.2 Å². The standard InChI is InChI=1S/C26H33FN2O3/c1-17(21-13-22(27)16-25(15-21)32-2)28-23-8-7-20(14-23)18-3-5-19(6-4-18)26(31)29-11-9-24(30)10-12-29/h3-6,13,15-17,20,23-24,28,30H,7-12,14H2,1-2H3. The molecule has 3 atom stereocenters. The van der Waals surface area contributed by atoms with E-state index in [2.05, 4.69) is 24.4 Å². The number of aliphatic hydroxyl groups is 1. The maximum absolute atomic E-state index is 13.9. The van der Waals surface area contributed by atoms with Crippen LogP contribution in [-0.2, 0) is 0 Å². The Morgan fingerprint density at radius 3 is 2.53 bits per heavy atom. The first-order valence-corrected chi connectivity index (χ1v) is 11.6. The van der Waals surface area contributed by atoms with Gasteiger partial charge in [0.1, 0.15) is 11.6 Å². The third-order valence-electron chi connectivity index (χ3n) is 6.93. The molecule has 1 aliphatic carbocycles. The van der Waals surface area contributed by atoms with Crippen molar-refractivity contribution in [2.75, 3.05) is 20.2 Å². The van der Waals surface area contributed by atoms with Gasteiger partial charge in [-0.15, -0.1) is 0 Å². The van der Waals surface area contributed by atoms with Crippen LogP contribution < -0.4 is 10.1 Å². The molecule has 2 aliphatic rings. The van der Waals surface area contributed by atoms with Crippen molar-refractivity contribution in [2.24, 2.45) is 0 Å². The molecule has 4 rings (SSSR count). The second kappa shape index (κ2) is 10.0. The maximum atomic E-state index is 13.9. The van der Waals surface area contributed by atoms with Crippen LogP contribution in [0.2, 0.25) is 0 Å². The predicted octanol–water partition coefficient (Wildman–Crippen LogP) is 4.42. The minimum absolute atomic E-state index is 0.0337. The van der Waals surface area contributed by atoms with Crippen molar-refractivity contribution in [3.8, 4) is 5.75 Å². The summed E-state index contributed by atoms with van der Waals surface area (Å²) in [6, 6.07) is 13.3. The van der Waals surface area contributed by atoms with Crippen LogP contribution in [0, 0.1) is 5.82 Å². The summed E-state index contributed by atoms with van der Waals surface area (Å²) >= 11 is 0. The van der Waals surface area contributed by atoms with Crippen molar-refractivity contribution >= 4 is 5.91 Å². The summed E-state index contributed by atoms with van der Waals surface area (Å²) in [5, 5.41) is 13.3. The lowest BCUT2D eigenvalue weighted by Gasteiger charge is -2.29. The van der Waals surface area contributed by atoms with Gasteiger partial charge in [0.05, 0.1) is 13.2 Å². The van der Waals surface area contributed by atoms with Crippen molar-refractivity contribution in [3.63, 3.8) is 0 Å². The highest BCUT2D eigenvalue weighted by Crippen LogP contribution is 2.36. The third-order valence-corrected chi connectivity index (χ3v) is 6.93. The Hall–Kier alpha value is -2.44. The largest absolute Gasteiger partial charge is 0.497 e. The molecule has 1 saturated carbocycles. The number of likely N-dealkylation sites (tertiary alicyclic amines) is 1. The Kier molecular flexibility index (Phi) is 7.11. The van der Waals surface area contributed by atoms with Crippen molar-refractivity contribution in [1.82, 2.24) is 10.2 Å². The number of benzene rings is 2. The summed E-state index contributed by atoms with van der Waals surface area (Å²) in [7, 11) is 1.55. The molecule has 2 aromatic rings. The second-order valence-corrected chi connectivity index (χ2v) is 9.17. The normalized spacial score (nSPS) is 22.7. The molecule has 0 bridgehead atoms. The van der Waals surface area contributed by atoms with Gasteiger partial charge in [0.2, 0.25) is 0 Å². The smallest absolute Gasteiger partial charge is 0.253 e. The Morgan fingerprint density at radius 2 is 1.84 bits per heavy atom. The van der Waals surface area contributed by atoms with Crippen LogP contribution in [0.15, 0.2) is 42.5 Å². The minimum Gasteiger partial charge on any atom is -0.497 e. The number of piperidine rings is 1. The van der Waals surface area contributed by atoms with Gasteiger partial charge in [0.15, 0.2) is 0 Å². The molecule has 1 amide bonds. The van der Waals surface area contributed by atoms with Crippen molar-refractivity contribution in [3.05, 3.63) is 65.0 Å². The summed E-state index contributed by atoms with van der Waals surface area (Å²) in [5.74, 6) is 0.755. The predicted molar refractivity (Wildman–Crippen MR) is 122 cm³/mol. The topological polar surface area (TPSA) is 61.8 Å². The van der Waals surface area contributed by atoms with Crippen LogP contribution in [0.5, 0.6) is 5.75 Å². The van der Waals surface area contributed by atoms with Gasteiger partial charge in [0, 0.05) is 36.8 Å². The number of nitrogens with one attached hydrogen (secondary N) is 1. The first-order valence-electron chi connectivity index (χ1n) is 11.6. The number of amides is 1. The van der Waals surface area contributed by atoms with Crippen LogP contribution in [-0.4, -0.2) is 48.3 Å². The van der Waals surface area contributed by atoms with E-state index >= 15 is 0 Å². The van der Waals surface area contributed by atoms with E-state index in [1.807, 2.05) is 23.1 Å². The van der Waals surface area contributed by atoms with E-state index < -0.39 is 0 Å². The number of aliphatic hydroxyl groups excluding tert-OH is 1. The van der Waals surface area contributed by atoms with E-state index in [0.717, 1.165) is 24.8 Å². The molecule has 1 saturated heterocycles. The fourth-order valence-electron chi connectivity index (χ4n) is 4.99. The fourth-order valence-corrected chi connectivity index (χ4v) is 4.99. The SMILES string of the molecule is COc1cc(F)cc(C(C)NC2CCC(c3ccc(C(=O)N4CCC(O)CC4)cc3)C2)c1. The van der Waals surface area contributed by atoms with Gasteiger partial charge in [-0.25, -0.2) is 4.39 Å². The van der Waals surface area contributed by atoms with Crippen LogP contribution in [0.4, 0.5) is 4.39 Å². The van der Waals surface area contributed by atoms with Gasteiger partial charge in [-0.1, -0.05) is 12.1 Å². The van der Waals surface area contributed by atoms with Crippen LogP contribution in [0.1, 0.15) is 72.5 Å². The average Bonchev–Trinajstić information content (AvgIpc) is 3.27. The summed E-state index contributed by atoms with van der Waals surface area (Å²) in [4.78, 5) is 14.5. The highest BCUT2D eigenvalue weighted by Gasteiger charge is 2.28. The molecule has 0 radical (unpaired) electrons. The van der Waals surface area contributed by atoms with Gasteiger partial charge in [-0.3, -0.25) is 4.79 Å². The summed E-state index contributed by atoms with van der Waals surface area (Å²) in [6.45, 7) is 3.29. The van der Waals surface area contributed by atoms with Gasteiger partial charge in [-0.2, -0.15) is 0 Å². The van der Waals surface area contributed by atoms with Crippen molar-refractivity contribution < 1.29 is 19.0 Å². The molecule has 2 aromatic carbocycles. The molecule has 1 aliphatic heterocycles. The molecule has 0 aromatic heterocycles. The molecule has 0 spiro atoms. The zero-order valence-electron chi connectivity index (χ0n) is 18.9. The molecular formula is C26H33FN2O3. The van der Waals surface area contributed by atoms with E-state index in [-0.39, 0.29) is 23.9 Å². The monoisotopic (exact) mass is 440 g/mol. The van der Waals surface area contributed by atoms with E-state index in [9.17, 15) is 14.3 Å². The number of hydrogen-bond donors (Lipinski definition) is 2. The summed E-state index contributed by atoms with van der Waals surface area (Å²) in [6.07, 6.45) is 4.21. The zero-order chi connectivity index (χ0) is 22.7. The lowest BCUT2D eigenvalue weighted by Crippen LogP contribution is -2.40. The Morgan fingerprint density at radius 1 is 1.12 bits per heavy atom. The van der Waals surface area contributed by atoms with Gasteiger partial charge >= 0.3 is 0 Å². The van der Waals surface area contributed by atoms with Gasteiger partial charge in [0.25, 0.3) is 5.91 Å². The number of halogens is 1. The molecule has 3 unspecified atom stereocenters. The van der Waals surface area contributed by atoms with E-state index in [1.54, 1.807) is 13.2 Å². The number of carbonyl (C=O) groups is 1. The van der Waals surface area contributed by atoms with Crippen molar-refractivity contribution in [1.29, 1.82) is 0 Å². The number of nitrogens with zero attached hydrogens (tertiary/aromatic N) is 1. The van der Waals surface area contributed by atoms with Crippen molar-refractivity contribution in [2.45, 2.75) is 63.1 Å². The molecule has 5 nitrogen and oxygen atoms in total. The Balaban J connectivity index is 1.33. The molecule has 172 valence electrons. The van der Waals surface area contributed by atoms with E-state index in [4.69, 9.17) is 4.74 Å². The molecular weight excluding hydrogens is 407 g/mol. The Labute approximate surface area is 189 Å². The second-order valence-electron chi connectivity index (χ2n) is 9.17. The number of carbonyl (C=O) groups excluding carboxylic acids is 1. The highest BCUT2D eigenvalue weighted by molar-refractivity contribution is 5.94. The summed E-state index contributed by atoms with van der Waals surface area (Å²) in [5.41, 5.74) is 2.87. The molecule has 32 heavy (non-hydrogen) atoms. The first kappa shape index (κ1) is 22.7. The molecule has 2 fully saturated rings. The number of rotatable bonds is 6. The first-order chi connectivity index (χ1) is 15.4. The molecule has 1 heterocycles.